The van der Waals surface area contributed by atoms with Crippen LogP contribution >= 0.6 is 0 Å². The third-order valence-electron chi connectivity index (χ3n) is 2.60. The Labute approximate surface area is 69.2 Å². The number of aliphatic hydroxyl groups excluding tert-OH is 1. The zero-order valence-electron chi connectivity index (χ0n) is 7.58. The van der Waals surface area contributed by atoms with Gasteiger partial charge in [-0.3, -0.25) is 0 Å². The maximum Gasteiger partial charge on any atom is 0.0555 e. The molecule has 1 fully saturated rings. The van der Waals surface area contributed by atoms with Crippen molar-refractivity contribution in [3.8, 4) is 0 Å². The summed E-state index contributed by atoms with van der Waals surface area (Å²) >= 11 is 0. The van der Waals surface area contributed by atoms with Crippen LogP contribution in [0.25, 0.3) is 0 Å². The Morgan fingerprint density at radius 2 is 1.82 bits per heavy atom. The number of hydrogen-bond acceptors (Lipinski definition) is 2. The SMILES string of the molecule is CN(C)C1CCCC[C@@H](O)C1. The van der Waals surface area contributed by atoms with Gasteiger partial charge in [0.2, 0.25) is 0 Å². The van der Waals surface area contributed by atoms with Gasteiger partial charge in [0.1, 0.15) is 0 Å². The van der Waals surface area contributed by atoms with Gasteiger partial charge >= 0.3 is 0 Å². The standard InChI is InChI=1S/C9H19NO/c1-10(2)8-5-3-4-6-9(11)7-8/h8-9,11H,3-7H2,1-2H3/t8?,9-/m1/s1. The van der Waals surface area contributed by atoms with E-state index in [9.17, 15) is 5.11 Å². The predicted octanol–water partition coefficient (Wildman–Crippen LogP) is 1.24. The highest BCUT2D eigenvalue weighted by Gasteiger charge is 2.19. The van der Waals surface area contributed by atoms with Gasteiger partial charge in [0, 0.05) is 6.04 Å². The smallest absolute Gasteiger partial charge is 0.0555 e. The highest BCUT2D eigenvalue weighted by Crippen LogP contribution is 2.20. The zero-order valence-corrected chi connectivity index (χ0v) is 7.58. The number of aliphatic hydroxyl groups is 1. The van der Waals surface area contributed by atoms with Gasteiger partial charge < -0.3 is 10.0 Å². The molecule has 0 spiro atoms. The van der Waals surface area contributed by atoms with Gasteiger partial charge in [-0.2, -0.15) is 0 Å². The van der Waals surface area contributed by atoms with Crippen LogP contribution in [-0.2, 0) is 0 Å². The Morgan fingerprint density at radius 3 is 2.45 bits per heavy atom. The van der Waals surface area contributed by atoms with Crippen molar-refractivity contribution < 1.29 is 5.11 Å². The van der Waals surface area contributed by atoms with Crippen molar-refractivity contribution in [3.63, 3.8) is 0 Å². The minimum atomic E-state index is -0.0510. The summed E-state index contributed by atoms with van der Waals surface area (Å²) in [5, 5.41) is 9.48. The lowest BCUT2D eigenvalue weighted by atomic mass is 10.1. The fourth-order valence-corrected chi connectivity index (χ4v) is 1.78. The van der Waals surface area contributed by atoms with Gasteiger partial charge in [0.15, 0.2) is 0 Å². The lowest BCUT2D eigenvalue weighted by Gasteiger charge is -2.23. The Balaban J connectivity index is 2.39. The normalized spacial score (nSPS) is 33.8. The van der Waals surface area contributed by atoms with E-state index < -0.39 is 0 Å². The van der Waals surface area contributed by atoms with E-state index in [4.69, 9.17) is 0 Å². The van der Waals surface area contributed by atoms with E-state index in [2.05, 4.69) is 19.0 Å². The summed E-state index contributed by atoms with van der Waals surface area (Å²) in [6, 6.07) is 0.604. The quantitative estimate of drug-likeness (QED) is 0.579. The largest absolute Gasteiger partial charge is 0.393 e. The molecule has 1 saturated carbocycles. The lowest BCUT2D eigenvalue weighted by molar-refractivity contribution is 0.125. The summed E-state index contributed by atoms with van der Waals surface area (Å²) in [7, 11) is 4.20. The van der Waals surface area contributed by atoms with E-state index >= 15 is 0 Å². The van der Waals surface area contributed by atoms with E-state index in [1.165, 1.54) is 19.3 Å². The molecule has 66 valence electrons. The molecule has 2 atom stereocenters. The Morgan fingerprint density at radius 1 is 1.18 bits per heavy atom. The van der Waals surface area contributed by atoms with Crippen LogP contribution in [0.4, 0.5) is 0 Å². The maximum atomic E-state index is 9.48. The van der Waals surface area contributed by atoms with Crippen molar-refractivity contribution in [1.82, 2.24) is 4.90 Å². The first-order chi connectivity index (χ1) is 5.20. The van der Waals surface area contributed by atoms with Crippen LogP contribution in [0.2, 0.25) is 0 Å². The van der Waals surface area contributed by atoms with Gasteiger partial charge in [-0.05, 0) is 33.4 Å². The van der Waals surface area contributed by atoms with Crippen LogP contribution in [0.15, 0.2) is 0 Å². The van der Waals surface area contributed by atoms with Crippen molar-refractivity contribution in [1.29, 1.82) is 0 Å². The summed E-state index contributed by atoms with van der Waals surface area (Å²) in [6.07, 6.45) is 5.65. The molecule has 0 aromatic rings. The van der Waals surface area contributed by atoms with Crippen molar-refractivity contribution in [2.75, 3.05) is 14.1 Å². The van der Waals surface area contributed by atoms with Crippen LogP contribution in [-0.4, -0.2) is 36.2 Å². The number of nitrogens with zero attached hydrogens (tertiary/aromatic N) is 1. The molecule has 0 heterocycles. The fraction of sp³-hybridized carbons (Fsp3) is 1.00. The van der Waals surface area contributed by atoms with Gasteiger partial charge in [-0.25, -0.2) is 0 Å². The molecule has 0 amide bonds. The molecule has 0 saturated heterocycles. The van der Waals surface area contributed by atoms with Gasteiger partial charge in [-0.15, -0.1) is 0 Å². The first kappa shape index (κ1) is 9.01. The van der Waals surface area contributed by atoms with Crippen molar-refractivity contribution in [2.24, 2.45) is 0 Å². The summed E-state index contributed by atoms with van der Waals surface area (Å²) in [5.41, 5.74) is 0. The predicted molar refractivity (Wildman–Crippen MR) is 46.6 cm³/mol. The molecule has 2 heteroatoms. The lowest BCUT2D eigenvalue weighted by Crippen LogP contribution is -2.30. The molecule has 1 aliphatic rings. The van der Waals surface area contributed by atoms with E-state index in [0.29, 0.717) is 6.04 Å². The number of hydrogen-bond donors (Lipinski definition) is 1. The fourth-order valence-electron chi connectivity index (χ4n) is 1.78. The minimum absolute atomic E-state index is 0.0510. The van der Waals surface area contributed by atoms with Crippen LogP contribution < -0.4 is 0 Å². The Kier molecular flexibility index (Phi) is 3.34. The summed E-state index contributed by atoms with van der Waals surface area (Å²) in [6.45, 7) is 0. The van der Waals surface area contributed by atoms with E-state index in [1.807, 2.05) is 0 Å². The molecule has 1 N–H and O–H groups in total. The third-order valence-corrected chi connectivity index (χ3v) is 2.60. The third kappa shape index (κ3) is 2.80. The number of rotatable bonds is 1. The summed E-state index contributed by atoms with van der Waals surface area (Å²) in [4.78, 5) is 2.23. The Hall–Kier alpha value is -0.0800. The second-order valence-corrected chi connectivity index (χ2v) is 3.79. The second-order valence-electron chi connectivity index (χ2n) is 3.79. The molecular weight excluding hydrogens is 138 g/mol. The highest BCUT2D eigenvalue weighted by molar-refractivity contribution is 4.74. The molecule has 1 unspecified atom stereocenters. The average molecular weight is 157 g/mol. The summed E-state index contributed by atoms with van der Waals surface area (Å²) < 4.78 is 0. The van der Waals surface area contributed by atoms with Gasteiger partial charge in [0.25, 0.3) is 0 Å². The minimum Gasteiger partial charge on any atom is -0.393 e. The van der Waals surface area contributed by atoms with Crippen LogP contribution in [0.1, 0.15) is 32.1 Å². The molecule has 0 bridgehead atoms. The molecule has 0 radical (unpaired) electrons. The Bertz CT molecular complexity index is 114. The molecule has 0 aromatic carbocycles. The van der Waals surface area contributed by atoms with Gasteiger partial charge in [-0.1, -0.05) is 12.8 Å². The molecule has 1 rings (SSSR count). The van der Waals surface area contributed by atoms with Crippen molar-refractivity contribution >= 4 is 0 Å². The van der Waals surface area contributed by atoms with E-state index in [0.717, 1.165) is 12.8 Å². The first-order valence-electron chi connectivity index (χ1n) is 4.54. The van der Waals surface area contributed by atoms with Crippen LogP contribution in [0.5, 0.6) is 0 Å². The topological polar surface area (TPSA) is 23.5 Å². The molecule has 11 heavy (non-hydrogen) atoms. The van der Waals surface area contributed by atoms with Gasteiger partial charge in [0.05, 0.1) is 6.10 Å². The molecule has 0 aliphatic heterocycles. The zero-order chi connectivity index (χ0) is 8.27. The van der Waals surface area contributed by atoms with Crippen molar-refractivity contribution in [3.05, 3.63) is 0 Å². The molecule has 2 nitrogen and oxygen atoms in total. The van der Waals surface area contributed by atoms with Crippen LogP contribution in [0.3, 0.4) is 0 Å². The summed E-state index contributed by atoms with van der Waals surface area (Å²) in [5.74, 6) is 0. The van der Waals surface area contributed by atoms with E-state index in [-0.39, 0.29) is 6.10 Å². The molecule has 1 aliphatic carbocycles. The monoisotopic (exact) mass is 157 g/mol. The average Bonchev–Trinajstić information content (AvgIpc) is 2.13. The van der Waals surface area contributed by atoms with Crippen molar-refractivity contribution in [2.45, 2.75) is 44.2 Å². The molecule has 0 aromatic heterocycles. The first-order valence-corrected chi connectivity index (χ1v) is 4.54. The highest BCUT2D eigenvalue weighted by atomic mass is 16.3. The molecular formula is C9H19NO. The van der Waals surface area contributed by atoms with E-state index in [1.54, 1.807) is 0 Å². The second kappa shape index (κ2) is 4.07. The van der Waals surface area contributed by atoms with Crippen LogP contribution in [0, 0.1) is 0 Å². The maximum absolute atomic E-state index is 9.48.